The van der Waals surface area contributed by atoms with Crippen molar-refractivity contribution in [2.75, 3.05) is 7.11 Å². The molecule has 0 spiro atoms. The minimum atomic E-state index is -2.51. The summed E-state index contributed by atoms with van der Waals surface area (Å²) in [4.78, 5) is 0. The maximum Gasteiger partial charge on any atom is 0.211 e. The van der Waals surface area contributed by atoms with Gasteiger partial charge in [0.2, 0.25) is 5.88 Å². The Hall–Kier alpha value is -0.920. The van der Waals surface area contributed by atoms with E-state index in [1.54, 1.807) is 13.1 Å². The minimum absolute atomic E-state index is 0.0761. The van der Waals surface area contributed by atoms with Gasteiger partial charge in [0, 0.05) is 13.1 Å². The molecule has 13 heavy (non-hydrogen) atoms. The largest absolute Gasteiger partial charge is 0.750 e. The Morgan fingerprint density at radius 2 is 2.46 bits per heavy atom. The lowest BCUT2D eigenvalue weighted by Crippen LogP contribution is -1.98. The highest BCUT2D eigenvalue weighted by Gasteiger charge is 2.04. The van der Waals surface area contributed by atoms with Crippen LogP contribution in [0.25, 0.3) is 0 Å². The monoisotopic (exact) mass is 205 g/mol. The van der Waals surface area contributed by atoms with Gasteiger partial charge in [-0.2, -0.15) is 5.10 Å². The summed E-state index contributed by atoms with van der Waals surface area (Å²) in [6.07, 6.45) is 0. The fourth-order valence-corrected chi connectivity index (χ4v) is 1.09. The molecule has 0 saturated carbocycles. The van der Waals surface area contributed by atoms with Gasteiger partial charge >= 0.3 is 0 Å². The summed E-state index contributed by atoms with van der Waals surface area (Å²) >= 11 is -2.51. The van der Waals surface area contributed by atoms with Crippen molar-refractivity contribution in [3.05, 3.63) is 11.8 Å². The van der Waals surface area contributed by atoms with E-state index in [1.165, 1.54) is 11.8 Å². The molecule has 6 nitrogen and oxygen atoms in total. The average molecular weight is 205 g/mol. The van der Waals surface area contributed by atoms with E-state index in [2.05, 4.69) is 9.28 Å². The Kier molecular flexibility index (Phi) is 3.40. The maximum atomic E-state index is 10.0. The second-order valence-electron chi connectivity index (χ2n) is 2.27. The van der Waals surface area contributed by atoms with Gasteiger partial charge in [0.05, 0.1) is 24.2 Å². The lowest BCUT2D eigenvalue weighted by molar-refractivity contribution is 0.286. The molecule has 1 aromatic heterocycles. The highest BCUT2D eigenvalue weighted by Crippen LogP contribution is 2.11. The van der Waals surface area contributed by atoms with Crippen molar-refractivity contribution in [3.8, 4) is 5.88 Å². The Morgan fingerprint density at radius 3 is 2.92 bits per heavy atom. The van der Waals surface area contributed by atoms with E-state index in [4.69, 9.17) is 4.74 Å². The van der Waals surface area contributed by atoms with Gasteiger partial charge in [-0.3, -0.25) is 4.18 Å². The van der Waals surface area contributed by atoms with Crippen LogP contribution < -0.4 is 4.74 Å². The molecule has 0 amide bonds. The van der Waals surface area contributed by atoms with Crippen LogP contribution in [-0.2, 0) is 29.2 Å². The van der Waals surface area contributed by atoms with E-state index in [1.807, 2.05) is 0 Å². The molecular weight excluding hydrogens is 196 g/mol. The maximum absolute atomic E-state index is 10.0. The number of ether oxygens (including phenoxy) is 1. The molecule has 1 aromatic rings. The van der Waals surface area contributed by atoms with Gasteiger partial charge in [0.25, 0.3) is 0 Å². The van der Waals surface area contributed by atoms with Gasteiger partial charge in [-0.15, -0.1) is 0 Å². The topological polar surface area (TPSA) is 76.4 Å². The second-order valence-corrected chi connectivity index (χ2v) is 2.91. The highest BCUT2D eigenvalue weighted by atomic mass is 32.2. The molecule has 1 rings (SSSR count). The molecule has 7 heteroatoms. The van der Waals surface area contributed by atoms with Crippen molar-refractivity contribution in [3.63, 3.8) is 0 Å². The number of methoxy groups -OCH3 is 1. The van der Waals surface area contributed by atoms with Crippen LogP contribution in [-0.4, -0.2) is 25.7 Å². The number of rotatable bonds is 4. The number of aromatic nitrogens is 2. The van der Waals surface area contributed by atoms with Crippen molar-refractivity contribution in [1.29, 1.82) is 0 Å². The van der Waals surface area contributed by atoms with Gasteiger partial charge in [-0.1, -0.05) is 0 Å². The summed E-state index contributed by atoms with van der Waals surface area (Å²) in [6, 6.07) is 1.60. The van der Waals surface area contributed by atoms with Crippen molar-refractivity contribution in [2.24, 2.45) is 7.05 Å². The van der Waals surface area contributed by atoms with Gasteiger partial charge in [0.1, 0.15) is 6.61 Å². The summed E-state index contributed by atoms with van der Waals surface area (Å²) in [5.41, 5.74) is 0.503. The molecule has 0 bridgehead atoms. The van der Waals surface area contributed by atoms with Crippen LogP contribution in [0.5, 0.6) is 5.88 Å². The lowest BCUT2D eigenvalue weighted by atomic mass is 10.5. The van der Waals surface area contributed by atoms with Gasteiger partial charge in [-0.05, 0) is 0 Å². The molecule has 1 unspecified atom stereocenters. The Balaban J connectivity index is 2.62. The van der Waals surface area contributed by atoms with Gasteiger partial charge < -0.3 is 9.29 Å². The Bertz CT molecular complexity index is 312. The Labute approximate surface area is 77.9 Å². The molecule has 0 radical (unpaired) electrons. The van der Waals surface area contributed by atoms with Crippen LogP contribution in [0.4, 0.5) is 0 Å². The Morgan fingerprint density at radius 1 is 1.77 bits per heavy atom. The first-order valence-electron chi connectivity index (χ1n) is 3.43. The number of aryl methyl sites for hydroxylation is 1. The molecule has 74 valence electrons. The van der Waals surface area contributed by atoms with Crippen LogP contribution in [0.1, 0.15) is 5.69 Å². The van der Waals surface area contributed by atoms with Crippen LogP contribution in [0.2, 0.25) is 0 Å². The normalized spacial score (nSPS) is 12.8. The van der Waals surface area contributed by atoms with Crippen molar-refractivity contribution in [2.45, 2.75) is 6.61 Å². The van der Waals surface area contributed by atoms with Crippen LogP contribution >= 0.6 is 0 Å². The van der Waals surface area contributed by atoms with Gasteiger partial charge in [-0.25, -0.2) is 8.89 Å². The van der Waals surface area contributed by atoms with Gasteiger partial charge in [0.15, 0.2) is 0 Å². The second kappa shape index (κ2) is 4.35. The lowest BCUT2D eigenvalue weighted by Gasteiger charge is -2.01. The zero-order valence-corrected chi connectivity index (χ0v) is 8.04. The molecular formula is C6H9N2O4S-. The number of hydrogen-bond donors (Lipinski definition) is 0. The minimum Gasteiger partial charge on any atom is -0.750 e. The molecule has 0 N–H and O–H groups in total. The third kappa shape index (κ3) is 2.79. The van der Waals surface area contributed by atoms with E-state index in [-0.39, 0.29) is 6.61 Å². The van der Waals surface area contributed by atoms with E-state index in [9.17, 15) is 8.76 Å². The average Bonchev–Trinajstić information content (AvgIpc) is 2.43. The first-order chi connectivity index (χ1) is 6.13. The summed E-state index contributed by atoms with van der Waals surface area (Å²) in [5, 5.41) is 3.95. The standard InChI is InChI=1S/C6H10N2O4S/c1-8-6(11-2)3-5(7-8)4-12-13(9)10/h3H,4H2,1-2H3,(H,9,10)/p-1. The number of hydrogen-bond acceptors (Lipinski definition) is 5. The summed E-state index contributed by atoms with van der Waals surface area (Å²) < 4.78 is 30.8. The highest BCUT2D eigenvalue weighted by molar-refractivity contribution is 7.74. The fourth-order valence-electron chi connectivity index (χ4n) is 0.877. The molecule has 0 aliphatic carbocycles. The predicted molar refractivity (Wildman–Crippen MR) is 43.5 cm³/mol. The molecule has 0 aliphatic heterocycles. The molecule has 1 atom stereocenters. The van der Waals surface area contributed by atoms with Crippen molar-refractivity contribution < 1.29 is 17.7 Å². The predicted octanol–water partition coefficient (Wildman–Crippen LogP) is -0.261. The smallest absolute Gasteiger partial charge is 0.211 e. The van der Waals surface area contributed by atoms with E-state index >= 15 is 0 Å². The van der Waals surface area contributed by atoms with Crippen LogP contribution in [0, 0.1) is 0 Å². The quantitative estimate of drug-likeness (QED) is 0.633. The van der Waals surface area contributed by atoms with Crippen molar-refractivity contribution in [1.82, 2.24) is 9.78 Å². The van der Waals surface area contributed by atoms with Crippen molar-refractivity contribution >= 4 is 11.4 Å². The SMILES string of the molecule is COc1cc(COS(=O)[O-])nn1C. The first-order valence-corrected chi connectivity index (χ1v) is 4.43. The number of nitrogens with zero attached hydrogens (tertiary/aromatic N) is 2. The third-order valence-corrected chi connectivity index (χ3v) is 1.71. The zero-order chi connectivity index (χ0) is 9.84. The van der Waals surface area contributed by atoms with Crippen LogP contribution in [0.15, 0.2) is 6.07 Å². The molecule has 0 fully saturated rings. The summed E-state index contributed by atoms with van der Waals surface area (Å²) in [5.74, 6) is 0.551. The molecule has 1 heterocycles. The van der Waals surface area contributed by atoms with Crippen LogP contribution in [0.3, 0.4) is 0 Å². The molecule has 0 aromatic carbocycles. The summed E-state index contributed by atoms with van der Waals surface area (Å²) in [6.45, 7) is -0.0761. The fraction of sp³-hybridized carbons (Fsp3) is 0.500. The van der Waals surface area contributed by atoms with E-state index in [0.29, 0.717) is 11.6 Å². The zero-order valence-electron chi connectivity index (χ0n) is 7.22. The molecule has 0 aliphatic rings. The first kappa shape index (κ1) is 10.2. The summed E-state index contributed by atoms with van der Waals surface area (Å²) in [7, 11) is 3.20. The third-order valence-electron chi connectivity index (χ3n) is 1.40. The van der Waals surface area contributed by atoms with E-state index in [0.717, 1.165) is 0 Å². The molecule has 0 saturated heterocycles. The van der Waals surface area contributed by atoms with E-state index < -0.39 is 11.4 Å².